The maximum Gasteiger partial charge on any atom is 0.270 e. The van der Waals surface area contributed by atoms with E-state index >= 15 is 0 Å². The van der Waals surface area contributed by atoms with Crippen molar-refractivity contribution < 1.29 is 14.4 Å². The van der Waals surface area contributed by atoms with Crippen LogP contribution in [-0.2, 0) is 4.79 Å². The summed E-state index contributed by atoms with van der Waals surface area (Å²) in [7, 11) is 0. The molecule has 2 rings (SSSR count). The molecular formula is C11H9ClN2O3. The second kappa shape index (κ2) is 3.85. The lowest BCUT2D eigenvalue weighted by Gasteiger charge is -2.12. The Labute approximate surface area is 102 Å². The molecule has 1 aliphatic heterocycles. The average Bonchev–Trinajstić information content (AvgIpc) is 2.52. The summed E-state index contributed by atoms with van der Waals surface area (Å²) in [6.07, 6.45) is 0. The maximum absolute atomic E-state index is 11.9. The Morgan fingerprint density at radius 2 is 2.00 bits per heavy atom. The van der Waals surface area contributed by atoms with E-state index < -0.39 is 23.1 Å². The van der Waals surface area contributed by atoms with Crippen molar-refractivity contribution in [2.24, 2.45) is 0 Å². The van der Waals surface area contributed by atoms with E-state index in [-0.39, 0.29) is 16.8 Å². The number of amides is 3. The molecule has 3 amide bonds. The standard InChI is InChI=1S/C11H9ClN2O3/c1-5(12)9(15)14-10(16)6-3-2-4-7(13)8(6)11(14)17/h2-5H,13H2,1H3. The van der Waals surface area contributed by atoms with Gasteiger partial charge in [0.2, 0.25) is 0 Å². The maximum atomic E-state index is 11.9. The van der Waals surface area contributed by atoms with E-state index in [9.17, 15) is 14.4 Å². The predicted molar refractivity (Wildman–Crippen MR) is 61.7 cm³/mol. The highest BCUT2D eigenvalue weighted by Gasteiger charge is 2.42. The number of hydrogen-bond acceptors (Lipinski definition) is 4. The molecule has 17 heavy (non-hydrogen) atoms. The Morgan fingerprint density at radius 3 is 2.53 bits per heavy atom. The van der Waals surface area contributed by atoms with Gasteiger partial charge in [0.05, 0.1) is 11.1 Å². The summed E-state index contributed by atoms with van der Waals surface area (Å²) in [5.74, 6) is -2.12. The van der Waals surface area contributed by atoms with E-state index in [4.69, 9.17) is 17.3 Å². The first-order valence-corrected chi connectivity index (χ1v) is 5.34. The number of imide groups is 3. The van der Waals surface area contributed by atoms with Gasteiger partial charge in [0.15, 0.2) is 0 Å². The van der Waals surface area contributed by atoms with Crippen molar-refractivity contribution in [2.45, 2.75) is 12.3 Å². The van der Waals surface area contributed by atoms with Gasteiger partial charge in [-0.05, 0) is 19.1 Å². The van der Waals surface area contributed by atoms with Crippen molar-refractivity contribution >= 4 is 35.0 Å². The zero-order valence-electron chi connectivity index (χ0n) is 8.94. The second-order valence-electron chi connectivity index (χ2n) is 3.67. The Hall–Kier alpha value is -1.88. The molecule has 0 saturated heterocycles. The third-order valence-electron chi connectivity index (χ3n) is 2.51. The van der Waals surface area contributed by atoms with Gasteiger partial charge in [-0.25, -0.2) is 4.90 Å². The minimum atomic E-state index is -0.946. The van der Waals surface area contributed by atoms with Crippen LogP contribution in [0.25, 0.3) is 0 Å². The van der Waals surface area contributed by atoms with E-state index in [0.717, 1.165) is 0 Å². The lowest BCUT2D eigenvalue weighted by Crippen LogP contribution is -2.40. The first-order chi connectivity index (χ1) is 7.95. The molecule has 88 valence electrons. The van der Waals surface area contributed by atoms with Gasteiger partial charge in [-0.2, -0.15) is 0 Å². The van der Waals surface area contributed by atoms with Crippen molar-refractivity contribution in [2.75, 3.05) is 5.73 Å². The number of nitrogen functional groups attached to an aromatic ring is 1. The van der Waals surface area contributed by atoms with Crippen LogP contribution in [-0.4, -0.2) is 28.0 Å². The number of hydrogen-bond donors (Lipinski definition) is 1. The third-order valence-corrected chi connectivity index (χ3v) is 2.69. The first-order valence-electron chi connectivity index (χ1n) is 4.90. The molecule has 1 aromatic carbocycles. The van der Waals surface area contributed by atoms with Gasteiger partial charge in [0.1, 0.15) is 5.38 Å². The molecule has 0 radical (unpaired) electrons. The van der Waals surface area contributed by atoms with E-state index in [1.54, 1.807) is 6.07 Å². The van der Waals surface area contributed by atoms with Gasteiger partial charge in [-0.1, -0.05) is 6.07 Å². The molecule has 1 heterocycles. The molecule has 0 bridgehead atoms. The second-order valence-corrected chi connectivity index (χ2v) is 4.32. The van der Waals surface area contributed by atoms with Gasteiger partial charge in [0, 0.05) is 5.69 Å². The first kappa shape index (κ1) is 11.6. The van der Waals surface area contributed by atoms with Crippen LogP contribution in [0.3, 0.4) is 0 Å². The summed E-state index contributed by atoms with van der Waals surface area (Å²) in [6, 6.07) is 4.51. The van der Waals surface area contributed by atoms with Gasteiger partial charge in [0.25, 0.3) is 17.7 Å². The molecule has 1 aromatic rings. The topological polar surface area (TPSA) is 80.5 Å². The Bertz CT molecular complexity index is 540. The SMILES string of the molecule is CC(Cl)C(=O)N1C(=O)c2cccc(N)c2C1=O. The van der Waals surface area contributed by atoms with Crippen molar-refractivity contribution in [3.05, 3.63) is 29.3 Å². The Morgan fingerprint density at radius 1 is 1.35 bits per heavy atom. The molecule has 5 nitrogen and oxygen atoms in total. The normalized spacial score (nSPS) is 16.0. The molecular weight excluding hydrogens is 244 g/mol. The van der Waals surface area contributed by atoms with Crippen molar-refractivity contribution in [1.29, 1.82) is 0 Å². The lowest BCUT2D eigenvalue weighted by molar-refractivity contribution is -0.125. The number of benzene rings is 1. The Balaban J connectivity index is 2.54. The summed E-state index contributed by atoms with van der Waals surface area (Å²) in [5, 5.41) is -0.946. The summed E-state index contributed by atoms with van der Waals surface area (Å²) < 4.78 is 0. The fourth-order valence-corrected chi connectivity index (χ4v) is 1.79. The van der Waals surface area contributed by atoms with Crippen LogP contribution in [0.4, 0.5) is 5.69 Å². The summed E-state index contributed by atoms with van der Waals surface area (Å²) >= 11 is 5.59. The van der Waals surface area contributed by atoms with Crippen molar-refractivity contribution in [3.63, 3.8) is 0 Å². The fraction of sp³-hybridized carbons (Fsp3) is 0.182. The number of nitrogens with zero attached hydrogens (tertiary/aromatic N) is 1. The third kappa shape index (κ3) is 1.59. The minimum absolute atomic E-state index is 0.0724. The van der Waals surface area contributed by atoms with E-state index in [1.807, 2.05) is 0 Å². The molecule has 1 unspecified atom stereocenters. The van der Waals surface area contributed by atoms with Gasteiger partial charge in [-0.15, -0.1) is 11.6 Å². The number of carbonyl (C=O) groups is 3. The average molecular weight is 253 g/mol. The van der Waals surface area contributed by atoms with Crippen molar-refractivity contribution in [1.82, 2.24) is 4.90 Å². The summed E-state index contributed by atoms with van der Waals surface area (Å²) in [4.78, 5) is 36.0. The summed E-state index contributed by atoms with van der Waals surface area (Å²) in [5.41, 5.74) is 6.01. The quantitative estimate of drug-likeness (QED) is 0.460. The Kier molecular flexibility index (Phi) is 2.63. The fourth-order valence-electron chi connectivity index (χ4n) is 1.69. The predicted octanol–water partition coefficient (Wildman–Crippen LogP) is 1.02. The van der Waals surface area contributed by atoms with Crippen LogP contribution in [0.15, 0.2) is 18.2 Å². The molecule has 0 fully saturated rings. The number of rotatable bonds is 1. The zero-order chi connectivity index (χ0) is 12.7. The van der Waals surface area contributed by atoms with Crippen LogP contribution in [0.1, 0.15) is 27.6 Å². The van der Waals surface area contributed by atoms with Crippen molar-refractivity contribution in [3.8, 4) is 0 Å². The summed E-state index contributed by atoms with van der Waals surface area (Å²) in [6.45, 7) is 1.40. The van der Waals surface area contributed by atoms with Crippen LogP contribution in [0, 0.1) is 0 Å². The molecule has 0 saturated carbocycles. The van der Waals surface area contributed by atoms with Crippen LogP contribution in [0.5, 0.6) is 0 Å². The highest BCUT2D eigenvalue weighted by atomic mass is 35.5. The highest BCUT2D eigenvalue weighted by molar-refractivity contribution is 6.38. The largest absolute Gasteiger partial charge is 0.398 e. The van der Waals surface area contributed by atoms with E-state index in [0.29, 0.717) is 4.90 Å². The number of halogens is 1. The number of fused-ring (bicyclic) bond motifs is 1. The van der Waals surface area contributed by atoms with Gasteiger partial charge < -0.3 is 5.73 Å². The number of nitrogens with two attached hydrogens (primary N) is 1. The smallest absolute Gasteiger partial charge is 0.270 e. The molecule has 0 spiro atoms. The number of alkyl halides is 1. The number of anilines is 1. The van der Waals surface area contributed by atoms with E-state index in [1.165, 1.54) is 19.1 Å². The van der Waals surface area contributed by atoms with Gasteiger partial charge >= 0.3 is 0 Å². The molecule has 1 aliphatic rings. The van der Waals surface area contributed by atoms with Crippen LogP contribution in [0.2, 0.25) is 0 Å². The van der Waals surface area contributed by atoms with Gasteiger partial charge in [-0.3, -0.25) is 14.4 Å². The van der Waals surface area contributed by atoms with E-state index in [2.05, 4.69) is 0 Å². The molecule has 6 heteroatoms. The molecule has 0 aromatic heterocycles. The molecule has 0 aliphatic carbocycles. The number of carbonyl (C=O) groups excluding carboxylic acids is 3. The zero-order valence-corrected chi connectivity index (χ0v) is 9.69. The lowest BCUT2D eigenvalue weighted by atomic mass is 10.1. The minimum Gasteiger partial charge on any atom is -0.398 e. The highest BCUT2D eigenvalue weighted by Crippen LogP contribution is 2.28. The molecule has 2 N–H and O–H groups in total. The van der Waals surface area contributed by atoms with Crippen LogP contribution >= 0.6 is 11.6 Å². The van der Waals surface area contributed by atoms with Crippen LogP contribution < -0.4 is 5.73 Å². The molecule has 1 atom stereocenters. The monoisotopic (exact) mass is 252 g/mol.